The van der Waals surface area contributed by atoms with Gasteiger partial charge in [-0.3, -0.25) is 9.48 Å². The van der Waals surface area contributed by atoms with Crippen LogP contribution in [-0.4, -0.2) is 40.8 Å². The predicted octanol–water partition coefficient (Wildman–Crippen LogP) is -0.617. The first-order valence-electron chi connectivity index (χ1n) is 3.89. The largest absolute Gasteiger partial charge is 0.480 e. The second-order valence-corrected chi connectivity index (χ2v) is 4.94. The van der Waals surface area contributed by atoms with Crippen molar-refractivity contribution in [1.29, 1.82) is 0 Å². The van der Waals surface area contributed by atoms with Crippen molar-refractivity contribution in [3.8, 4) is 0 Å². The van der Waals surface area contributed by atoms with Crippen LogP contribution in [0.15, 0.2) is 18.5 Å². The van der Waals surface area contributed by atoms with E-state index in [1.165, 1.54) is 10.9 Å². The van der Waals surface area contributed by atoms with E-state index in [4.69, 9.17) is 5.11 Å². The lowest BCUT2D eigenvalue weighted by Gasteiger charge is -2.01. The summed E-state index contributed by atoms with van der Waals surface area (Å²) in [5.41, 5.74) is 0. The Morgan fingerprint density at radius 1 is 1.50 bits per heavy atom. The molecular weight excluding hydrogens is 208 g/mol. The Hall–Kier alpha value is -1.37. The van der Waals surface area contributed by atoms with Gasteiger partial charge in [-0.25, -0.2) is 8.42 Å². The summed E-state index contributed by atoms with van der Waals surface area (Å²) in [6, 6.07) is 1.67. The predicted molar refractivity (Wildman–Crippen MR) is 48.5 cm³/mol. The molecule has 14 heavy (non-hydrogen) atoms. The Kier molecular flexibility index (Phi) is 3.23. The standard InChI is InChI=1S/C7H10N2O4S/c10-7(11)6-14(12,13)5-4-9-3-1-2-8-9/h1-3H,4-6H2,(H,10,11). The van der Waals surface area contributed by atoms with Crippen LogP contribution in [0.4, 0.5) is 0 Å². The van der Waals surface area contributed by atoms with Crippen LogP contribution in [0.2, 0.25) is 0 Å². The number of hydrogen-bond acceptors (Lipinski definition) is 4. The molecule has 0 unspecified atom stereocenters. The van der Waals surface area contributed by atoms with Gasteiger partial charge in [-0.2, -0.15) is 5.10 Å². The number of sulfone groups is 1. The molecule has 0 aliphatic heterocycles. The Morgan fingerprint density at radius 3 is 2.71 bits per heavy atom. The molecule has 0 fully saturated rings. The average Bonchev–Trinajstić information content (AvgIpc) is 2.50. The van der Waals surface area contributed by atoms with Crippen molar-refractivity contribution >= 4 is 15.8 Å². The molecule has 0 aromatic carbocycles. The maximum absolute atomic E-state index is 11.1. The molecule has 0 spiro atoms. The average molecular weight is 218 g/mol. The van der Waals surface area contributed by atoms with Crippen molar-refractivity contribution in [2.45, 2.75) is 6.54 Å². The summed E-state index contributed by atoms with van der Waals surface area (Å²) < 4.78 is 23.7. The van der Waals surface area contributed by atoms with E-state index < -0.39 is 21.6 Å². The van der Waals surface area contributed by atoms with Crippen molar-refractivity contribution in [3.05, 3.63) is 18.5 Å². The second kappa shape index (κ2) is 4.23. The van der Waals surface area contributed by atoms with Gasteiger partial charge in [0.1, 0.15) is 5.75 Å². The third kappa shape index (κ3) is 3.56. The first-order chi connectivity index (χ1) is 6.49. The van der Waals surface area contributed by atoms with E-state index >= 15 is 0 Å². The Bertz CT molecular complexity index is 395. The van der Waals surface area contributed by atoms with Gasteiger partial charge in [0.2, 0.25) is 0 Å². The van der Waals surface area contributed by atoms with Crippen LogP contribution in [0.3, 0.4) is 0 Å². The van der Waals surface area contributed by atoms with Crippen LogP contribution in [-0.2, 0) is 21.2 Å². The highest BCUT2D eigenvalue weighted by Crippen LogP contribution is 1.93. The molecule has 1 rings (SSSR count). The molecular formula is C7H10N2O4S. The highest BCUT2D eigenvalue weighted by molar-refractivity contribution is 7.92. The third-order valence-corrected chi connectivity index (χ3v) is 3.03. The van der Waals surface area contributed by atoms with E-state index in [0.717, 1.165) is 0 Å². The minimum Gasteiger partial charge on any atom is -0.480 e. The molecule has 0 saturated heterocycles. The first-order valence-corrected chi connectivity index (χ1v) is 5.71. The molecule has 1 heterocycles. The minimum atomic E-state index is -3.52. The number of aromatic nitrogens is 2. The third-order valence-electron chi connectivity index (χ3n) is 1.53. The smallest absolute Gasteiger partial charge is 0.318 e. The lowest BCUT2D eigenvalue weighted by molar-refractivity contribution is -0.134. The van der Waals surface area contributed by atoms with Crippen molar-refractivity contribution in [2.75, 3.05) is 11.5 Å². The molecule has 78 valence electrons. The fourth-order valence-corrected chi connectivity index (χ4v) is 1.91. The zero-order valence-corrected chi connectivity index (χ0v) is 8.14. The molecule has 1 aromatic rings. The number of carboxylic acid groups (broad SMARTS) is 1. The second-order valence-electron chi connectivity index (χ2n) is 2.75. The summed E-state index contributed by atoms with van der Waals surface area (Å²) in [5.74, 6) is -2.36. The zero-order chi connectivity index (χ0) is 10.6. The SMILES string of the molecule is O=C(O)CS(=O)(=O)CCn1cccn1. The summed E-state index contributed by atoms with van der Waals surface area (Å²) in [6.07, 6.45) is 3.15. The van der Waals surface area contributed by atoms with Gasteiger partial charge in [-0.05, 0) is 6.07 Å². The minimum absolute atomic E-state index is 0.183. The molecule has 0 aliphatic rings. The van der Waals surface area contributed by atoms with E-state index in [9.17, 15) is 13.2 Å². The molecule has 0 amide bonds. The first kappa shape index (κ1) is 10.7. The normalized spacial score (nSPS) is 11.4. The van der Waals surface area contributed by atoms with Crippen molar-refractivity contribution < 1.29 is 18.3 Å². The van der Waals surface area contributed by atoms with Crippen molar-refractivity contribution in [2.24, 2.45) is 0 Å². The Morgan fingerprint density at radius 2 is 2.21 bits per heavy atom. The molecule has 0 atom stereocenters. The van der Waals surface area contributed by atoms with E-state index in [2.05, 4.69) is 5.10 Å². The van der Waals surface area contributed by atoms with Crippen LogP contribution >= 0.6 is 0 Å². The topological polar surface area (TPSA) is 89.3 Å². The molecule has 6 nitrogen and oxygen atoms in total. The van der Waals surface area contributed by atoms with Gasteiger partial charge >= 0.3 is 5.97 Å². The van der Waals surface area contributed by atoms with Gasteiger partial charge < -0.3 is 5.11 Å². The summed E-state index contributed by atoms with van der Waals surface area (Å²) in [6.45, 7) is 0.183. The number of hydrogen-bond donors (Lipinski definition) is 1. The maximum Gasteiger partial charge on any atom is 0.318 e. The quantitative estimate of drug-likeness (QED) is 0.711. The Labute approximate surface area is 81.1 Å². The fraction of sp³-hybridized carbons (Fsp3) is 0.429. The van der Waals surface area contributed by atoms with Crippen LogP contribution in [0.1, 0.15) is 0 Å². The molecule has 1 N–H and O–H groups in total. The number of rotatable bonds is 5. The molecule has 0 saturated carbocycles. The lowest BCUT2D eigenvalue weighted by atomic mass is 10.7. The number of carbonyl (C=O) groups is 1. The maximum atomic E-state index is 11.1. The summed E-state index contributed by atoms with van der Waals surface area (Å²) in [4.78, 5) is 10.2. The van der Waals surface area contributed by atoms with Crippen molar-refractivity contribution in [3.63, 3.8) is 0 Å². The number of aliphatic carboxylic acids is 1. The van der Waals surface area contributed by atoms with Crippen LogP contribution < -0.4 is 0 Å². The summed E-state index contributed by atoms with van der Waals surface area (Å²) in [5, 5.41) is 12.1. The van der Waals surface area contributed by atoms with Gasteiger partial charge in [-0.1, -0.05) is 0 Å². The molecule has 0 aliphatic carbocycles. The molecule has 1 aromatic heterocycles. The van der Waals surface area contributed by atoms with E-state index in [1.807, 2.05) is 0 Å². The van der Waals surface area contributed by atoms with Gasteiger partial charge in [0.15, 0.2) is 9.84 Å². The fourth-order valence-electron chi connectivity index (χ4n) is 0.926. The highest BCUT2D eigenvalue weighted by Gasteiger charge is 2.15. The summed E-state index contributed by atoms with van der Waals surface area (Å²) in [7, 11) is -3.52. The number of nitrogens with zero attached hydrogens (tertiary/aromatic N) is 2. The van der Waals surface area contributed by atoms with Gasteiger partial charge in [0, 0.05) is 12.4 Å². The molecule has 0 bridgehead atoms. The van der Waals surface area contributed by atoms with Gasteiger partial charge in [0.25, 0.3) is 0 Å². The molecule has 0 radical (unpaired) electrons. The van der Waals surface area contributed by atoms with Crippen molar-refractivity contribution in [1.82, 2.24) is 9.78 Å². The number of aryl methyl sites for hydroxylation is 1. The highest BCUT2D eigenvalue weighted by atomic mass is 32.2. The lowest BCUT2D eigenvalue weighted by Crippen LogP contribution is -2.21. The van der Waals surface area contributed by atoms with E-state index in [-0.39, 0.29) is 12.3 Å². The van der Waals surface area contributed by atoms with Gasteiger partial charge in [-0.15, -0.1) is 0 Å². The number of carboxylic acids is 1. The van der Waals surface area contributed by atoms with Crippen LogP contribution in [0.5, 0.6) is 0 Å². The van der Waals surface area contributed by atoms with E-state index in [0.29, 0.717) is 0 Å². The monoisotopic (exact) mass is 218 g/mol. The van der Waals surface area contributed by atoms with Crippen LogP contribution in [0.25, 0.3) is 0 Å². The molecule has 7 heteroatoms. The Balaban J connectivity index is 2.49. The zero-order valence-electron chi connectivity index (χ0n) is 7.33. The summed E-state index contributed by atoms with van der Waals surface area (Å²) >= 11 is 0. The van der Waals surface area contributed by atoms with Crippen LogP contribution in [0, 0.1) is 0 Å². The van der Waals surface area contributed by atoms with Gasteiger partial charge in [0.05, 0.1) is 12.3 Å². The van der Waals surface area contributed by atoms with E-state index in [1.54, 1.807) is 12.3 Å².